The predicted octanol–water partition coefficient (Wildman–Crippen LogP) is 4.84. The Balaban J connectivity index is 1.68. The van der Waals surface area contributed by atoms with Gasteiger partial charge in [0.25, 0.3) is 5.78 Å². The summed E-state index contributed by atoms with van der Waals surface area (Å²) in [6, 6.07) is 10.8. The van der Waals surface area contributed by atoms with Gasteiger partial charge < -0.3 is 14.6 Å². The number of aliphatic hydroxyl groups excluding tert-OH is 1. The van der Waals surface area contributed by atoms with Crippen LogP contribution in [0.25, 0.3) is 5.76 Å². The summed E-state index contributed by atoms with van der Waals surface area (Å²) in [5, 5.41) is 12.0. The summed E-state index contributed by atoms with van der Waals surface area (Å²) in [4.78, 5) is 44.7. The lowest BCUT2D eigenvalue weighted by atomic mass is 9.94. The van der Waals surface area contributed by atoms with E-state index < -0.39 is 23.7 Å². The Morgan fingerprint density at radius 3 is 2.64 bits per heavy atom. The summed E-state index contributed by atoms with van der Waals surface area (Å²) in [5.41, 5.74) is 2.13. The number of benzene rings is 2. The number of nitrogens with zero attached hydrogens (tertiary/aromatic N) is 2. The highest BCUT2D eigenvalue weighted by atomic mass is 35.5. The van der Waals surface area contributed by atoms with E-state index in [1.54, 1.807) is 49.4 Å². The van der Waals surface area contributed by atoms with E-state index in [1.165, 1.54) is 12.0 Å². The third-order valence-corrected chi connectivity index (χ3v) is 7.55. The highest BCUT2D eigenvalue weighted by molar-refractivity contribution is 7.17. The number of aliphatic hydroxyl groups is 1. The van der Waals surface area contributed by atoms with Crippen LogP contribution in [0.1, 0.15) is 45.0 Å². The minimum absolute atomic E-state index is 0.00851. The number of aryl methyl sites for hydroxylation is 1. The molecule has 0 radical (unpaired) electrons. The van der Waals surface area contributed by atoms with Gasteiger partial charge >= 0.3 is 11.9 Å². The minimum atomic E-state index is -0.984. The third-order valence-electron chi connectivity index (χ3n) is 6.16. The molecule has 0 aliphatic carbocycles. The summed E-state index contributed by atoms with van der Waals surface area (Å²) < 4.78 is 10.6. The number of esters is 1. The van der Waals surface area contributed by atoms with Gasteiger partial charge in [-0.1, -0.05) is 35.1 Å². The van der Waals surface area contributed by atoms with Crippen molar-refractivity contribution in [1.29, 1.82) is 0 Å². The SMILES string of the molecule is COC(=O)c1sc(N2C(=O)C(=O)C(=C(O)c3ccc4c(c3)CC(C)O4)C2c2ccc(Cl)cc2)nc1C. The Labute approximate surface area is 215 Å². The van der Waals surface area contributed by atoms with Gasteiger partial charge in [-0.05, 0) is 55.3 Å². The number of ether oxygens (including phenoxy) is 2. The number of thiazole rings is 1. The number of aromatic nitrogens is 1. The van der Waals surface area contributed by atoms with E-state index in [1.807, 2.05) is 6.92 Å². The standard InChI is InChI=1S/C26H21ClN2O6S/c1-12-10-16-11-15(6-9-18(16)35-12)21(30)19-20(14-4-7-17(27)8-5-14)29(24(32)22(19)31)26-28-13(2)23(36-26)25(33)34-3/h4-9,11-12,20,30H,10H2,1-3H3. The van der Waals surface area contributed by atoms with E-state index >= 15 is 0 Å². The number of halogens is 1. The molecule has 0 bridgehead atoms. The number of amides is 1. The van der Waals surface area contributed by atoms with E-state index in [-0.39, 0.29) is 27.4 Å². The van der Waals surface area contributed by atoms with Crippen LogP contribution in [0.4, 0.5) is 5.13 Å². The largest absolute Gasteiger partial charge is 0.507 e. The second-order valence-electron chi connectivity index (χ2n) is 8.58. The van der Waals surface area contributed by atoms with Gasteiger partial charge in [0.05, 0.1) is 24.4 Å². The zero-order valence-electron chi connectivity index (χ0n) is 19.6. The van der Waals surface area contributed by atoms with Crippen molar-refractivity contribution in [2.45, 2.75) is 32.4 Å². The molecule has 8 nitrogen and oxygen atoms in total. The Morgan fingerprint density at radius 1 is 1.22 bits per heavy atom. The Hall–Kier alpha value is -3.69. The van der Waals surface area contributed by atoms with E-state index in [9.17, 15) is 19.5 Å². The van der Waals surface area contributed by atoms with Crippen LogP contribution >= 0.6 is 22.9 Å². The molecule has 2 unspecified atom stereocenters. The first-order valence-electron chi connectivity index (χ1n) is 11.1. The molecule has 0 saturated carbocycles. The lowest BCUT2D eigenvalue weighted by Gasteiger charge is -2.23. The Morgan fingerprint density at radius 2 is 1.94 bits per heavy atom. The average molecular weight is 525 g/mol. The van der Waals surface area contributed by atoms with Gasteiger partial charge in [-0.2, -0.15) is 0 Å². The van der Waals surface area contributed by atoms with Crippen molar-refractivity contribution in [3.63, 3.8) is 0 Å². The summed E-state index contributed by atoms with van der Waals surface area (Å²) in [7, 11) is 1.25. The number of hydrogen-bond donors (Lipinski definition) is 1. The fourth-order valence-corrected chi connectivity index (χ4v) is 5.62. The van der Waals surface area contributed by atoms with Gasteiger partial charge in [0.15, 0.2) is 5.13 Å². The third kappa shape index (κ3) is 3.94. The number of fused-ring (bicyclic) bond motifs is 1. The van der Waals surface area contributed by atoms with Crippen molar-refractivity contribution in [3.05, 3.63) is 80.3 Å². The maximum absolute atomic E-state index is 13.3. The second-order valence-corrected chi connectivity index (χ2v) is 9.99. The molecule has 2 aliphatic heterocycles. The highest BCUT2D eigenvalue weighted by Crippen LogP contribution is 2.44. The number of carbonyl (C=O) groups excluding carboxylic acids is 3. The van der Waals surface area contributed by atoms with Crippen LogP contribution in [0, 0.1) is 6.92 Å². The molecule has 2 aliphatic rings. The quantitative estimate of drug-likeness (QED) is 0.225. The van der Waals surface area contributed by atoms with Crippen molar-refractivity contribution < 1.29 is 29.0 Å². The van der Waals surface area contributed by atoms with Gasteiger partial charge in [0, 0.05) is 17.0 Å². The van der Waals surface area contributed by atoms with Crippen LogP contribution in [0.3, 0.4) is 0 Å². The maximum Gasteiger partial charge on any atom is 0.350 e. The van der Waals surface area contributed by atoms with Crippen molar-refractivity contribution in [1.82, 2.24) is 4.98 Å². The molecule has 3 aromatic rings. The summed E-state index contributed by atoms with van der Waals surface area (Å²) >= 11 is 7.03. The number of methoxy groups -OCH3 is 1. The summed E-state index contributed by atoms with van der Waals surface area (Å²) in [5.74, 6) is -1.89. The number of carbonyl (C=O) groups is 3. The second kappa shape index (κ2) is 9.07. The summed E-state index contributed by atoms with van der Waals surface area (Å²) in [6.07, 6.45) is 0.675. The molecule has 1 amide bonds. The molecule has 2 atom stereocenters. The number of anilines is 1. The smallest absolute Gasteiger partial charge is 0.350 e. The number of hydrogen-bond acceptors (Lipinski definition) is 8. The predicted molar refractivity (Wildman–Crippen MR) is 135 cm³/mol. The van der Waals surface area contributed by atoms with Crippen molar-refractivity contribution >= 4 is 51.5 Å². The van der Waals surface area contributed by atoms with E-state index in [4.69, 9.17) is 21.1 Å². The zero-order chi connectivity index (χ0) is 25.7. The molecule has 3 heterocycles. The van der Waals surface area contributed by atoms with E-state index in [0.29, 0.717) is 28.3 Å². The molecule has 36 heavy (non-hydrogen) atoms. The molecule has 1 fully saturated rings. The van der Waals surface area contributed by atoms with Crippen LogP contribution < -0.4 is 9.64 Å². The van der Waals surface area contributed by atoms with Crippen LogP contribution in [0.15, 0.2) is 48.0 Å². The normalized spacial score (nSPS) is 20.4. The van der Waals surface area contributed by atoms with Gasteiger partial charge in [0.2, 0.25) is 0 Å². The summed E-state index contributed by atoms with van der Waals surface area (Å²) in [6.45, 7) is 3.57. The van der Waals surface area contributed by atoms with Crippen molar-refractivity contribution in [3.8, 4) is 5.75 Å². The lowest BCUT2D eigenvalue weighted by Crippen LogP contribution is -2.29. The first kappa shape index (κ1) is 24.0. The monoisotopic (exact) mass is 524 g/mol. The molecule has 2 aromatic carbocycles. The molecular formula is C26H21ClN2O6S. The molecule has 5 rings (SSSR count). The van der Waals surface area contributed by atoms with Crippen molar-refractivity contribution in [2.24, 2.45) is 0 Å². The first-order valence-corrected chi connectivity index (χ1v) is 12.3. The Bertz CT molecular complexity index is 1450. The fraction of sp³-hybridized carbons (Fsp3) is 0.231. The van der Waals surface area contributed by atoms with Crippen LogP contribution in [-0.2, 0) is 20.7 Å². The topological polar surface area (TPSA) is 106 Å². The van der Waals surface area contributed by atoms with Crippen LogP contribution in [-0.4, -0.2) is 41.0 Å². The average Bonchev–Trinajstić information content (AvgIpc) is 3.50. The van der Waals surface area contributed by atoms with Gasteiger partial charge in [-0.15, -0.1) is 0 Å². The molecule has 1 saturated heterocycles. The molecule has 0 spiro atoms. The van der Waals surface area contributed by atoms with E-state index in [2.05, 4.69) is 4.98 Å². The number of rotatable bonds is 4. The molecular weight excluding hydrogens is 504 g/mol. The maximum atomic E-state index is 13.3. The molecule has 1 aromatic heterocycles. The number of ketones is 1. The van der Waals surface area contributed by atoms with Crippen LogP contribution in [0.2, 0.25) is 5.02 Å². The first-order chi connectivity index (χ1) is 17.2. The fourth-order valence-electron chi connectivity index (χ4n) is 4.48. The lowest BCUT2D eigenvalue weighted by molar-refractivity contribution is -0.132. The molecule has 10 heteroatoms. The van der Waals surface area contributed by atoms with Gasteiger partial charge in [0.1, 0.15) is 22.5 Å². The molecule has 1 N–H and O–H groups in total. The van der Waals surface area contributed by atoms with Gasteiger partial charge in [-0.3, -0.25) is 14.5 Å². The minimum Gasteiger partial charge on any atom is -0.507 e. The van der Waals surface area contributed by atoms with E-state index in [0.717, 1.165) is 22.6 Å². The van der Waals surface area contributed by atoms with Crippen molar-refractivity contribution in [2.75, 3.05) is 12.0 Å². The number of Topliss-reactive ketones (excluding diaryl/α,β-unsaturated/α-hetero) is 1. The zero-order valence-corrected chi connectivity index (χ0v) is 21.1. The highest BCUT2D eigenvalue weighted by Gasteiger charge is 2.48. The molecule has 184 valence electrons. The Kier molecular flexibility index (Phi) is 6.05. The van der Waals surface area contributed by atoms with Gasteiger partial charge in [-0.25, -0.2) is 9.78 Å². The van der Waals surface area contributed by atoms with Crippen LogP contribution in [0.5, 0.6) is 5.75 Å².